The molecule has 2 amide bonds. The van der Waals surface area contributed by atoms with Crippen LogP contribution in [0.25, 0.3) is 0 Å². The van der Waals surface area contributed by atoms with Crippen LogP contribution in [0.15, 0.2) is 0 Å². The van der Waals surface area contributed by atoms with E-state index in [2.05, 4.69) is 0 Å². The molecule has 7 heteroatoms. The quantitative estimate of drug-likeness (QED) is 0.700. The van der Waals surface area contributed by atoms with Gasteiger partial charge in [-0.3, -0.25) is 9.59 Å². The summed E-state index contributed by atoms with van der Waals surface area (Å²) in [5, 5.41) is 0. The zero-order valence-corrected chi connectivity index (χ0v) is 19.8. The molecule has 3 heterocycles. The van der Waals surface area contributed by atoms with E-state index in [0.29, 0.717) is 51.0 Å². The van der Waals surface area contributed by atoms with E-state index in [-0.39, 0.29) is 11.8 Å². The van der Waals surface area contributed by atoms with Crippen LogP contribution in [-0.2, 0) is 20.7 Å². The van der Waals surface area contributed by atoms with Crippen molar-refractivity contribution in [2.45, 2.75) is 77.6 Å². The highest BCUT2D eigenvalue weighted by Crippen LogP contribution is 2.30. The van der Waals surface area contributed by atoms with Crippen molar-refractivity contribution in [3.05, 3.63) is 22.8 Å². The maximum absolute atomic E-state index is 12.9. The van der Waals surface area contributed by atoms with Crippen LogP contribution in [0.4, 0.5) is 0 Å². The van der Waals surface area contributed by atoms with Gasteiger partial charge in [0, 0.05) is 55.5 Å². The van der Waals surface area contributed by atoms with Crippen molar-refractivity contribution in [2.24, 2.45) is 5.92 Å². The molecule has 4 rings (SSSR count). The van der Waals surface area contributed by atoms with Crippen LogP contribution in [0, 0.1) is 19.8 Å². The lowest BCUT2D eigenvalue weighted by molar-refractivity contribution is -0.135. The number of hydrogen-bond donors (Lipinski definition) is 0. The Labute approximate surface area is 191 Å². The Balaban J connectivity index is 1.39. The van der Waals surface area contributed by atoms with Gasteiger partial charge in [-0.15, -0.1) is 0 Å². The van der Waals surface area contributed by atoms with E-state index in [1.807, 2.05) is 23.6 Å². The van der Waals surface area contributed by atoms with Crippen molar-refractivity contribution in [2.75, 3.05) is 39.4 Å². The smallest absolute Gasteiger partial charge is 0.227 e. The molecule has 3 fully saturated rings. The topological polar surface area (TPSA) is 75.6 Å². The van der Waals surface area contributed by atoms with Crippen LogP contribution in [0.3, 0.4) is 0 Å². The van der Waals surface area contributed by atoms with Gasteiger partial charge in [0.2, 0.25) is 11.8 Å². The number of carbonyl (C=O) groups excluding carboxylic acids is 2. The second kappa shape index (κ2) is 10.7. The standard InChI is InChI=1S/C25H38N4O3/c1-18-22(16-24(31)28-11-13-32-14-12-28)19(2)27-25(26-18)21-9-6-10-29(17-21)23(30)15-20-7-4-3-5-8-20/h20-21H,3-17H2,1-2H3. The van der Waals surface area contributed by atoms with Crippen LogP contribution in [0.2, 0.25) is 0 Å². The molecule has 0 bridgehead atoms. The Kier molecular flexibility index (Phi) is 7.76. The number of aromatic nitrogens is 2. The van der Waals surface area contributed by atoms with E-state index >= 15 is 0 Å². The second-order valence-corrected chi connectivity index (χ2v) is 9.79. The van der Waals surface area contributed by atoms with Crippen LogP contribution in [0.1, 0.15) is 80.1 Å². The summed E-state index contributed by atoms with van der Waals surface area (Å²) in [6.45, 7) is 8.06. The molecule has 2 aliphatic heterocycles. The van der Waals surface area contributed by atoms with E-state index in [1.54, 1.807) is 0 Å². The Hall–Kier alpha value is -2.02. The van der Waals surface area contributed by atoms with Crippen molar-refractivity contribution in [1.29, 1.82) is 0 Å². The van der Waals surface area contributed by atoms with Gasteiger partial charge in [0.05, 0.1) is 19.6 Å². The minimum atomic E-state index is 0.119. The van der Waals surface area contributed by atoms with Crippen molar-refractivity contribution >= 4 is 11.8 Å². The number of hydrogen-bond acceptors (Lipinski definition) is 5. The van der Waals surface area contributed by atoms with E-state index in [9.17, 15) is 9.59 Å². The summed E-state index contributed by atoms with van der Waals surface area (Å²) < 4.78 is 5.35. The normalized spacial score (nSPS) is 22.8. The van der Waals surface area contributed by atoms with Crippen LogP contribution in [0.5, 0.6) is 0 Å². The number of likely N-dealkylation sites (tertiary alicyclic amines) is 1. The van der Waals surface area contributed by atoms with Gasteiger partial charge in [-0.1, -0.05) is 19.3 Å². The maximum atomic E-state index is 12.9. The zero-order valence-electron chi connectivity index (χ0n) is 19.8. The predicted molar refractivity (Wildman–Crippen MR) is 122 cm³/mol. The number of piperidine rings is 1. The Bertz CT molecular complexity index is 792. The third-order valence-electron chi connectivity index (χ3n) is 7.46. The summed E-state index contributed by atoms with van der Waals surface area (Å²) in [4.78, 5) is 39.2. The fourth-order valence-corrected chi connectivity index (χ4v) is 5.46. The lowest BCUT2D eigenvalue weighted by Crippen LogP contribution is -2.41. The fourth-order valence-electron chi connectivity index (χ4n) is 5.46. The molecule has 32 heavy (non-hydrogen) atoms. The average Bonchev–Trinajstić information content (AvgIpc) is 2.82. The first-order chi connectivity index (χ1) is 15.5. The molecule has 3 aliphatic rings. The van der Waals surface area contributed by atoms with Gasteiger partial charge in [0.15, 0.2) is 0 Å². The first-order valence-corrected chi connectivity index (χ1v) is 12.5. The molecule has 1 aromatic rings. The molecule has 1 atom stereocenters. The molecule has 1 unspecified atom stereocenters. The lowest BCUT2D eigenvalue weighted by atomic mass is 9.86. The summed E-state index contributed by atoms with van der Waals surface area (Å²) in [5.74, 6) is 2.01. The highest BCUT2D eigenvalue weighted by Gasteiger charge is 2.29. The SMILES string of the molecule is Cc1nc(C2CCCN(C(=O)CC3CCCCC3)C2)nc(C)c1CC(=O)N1CCOCC1. The molecule has 0 aromatic carbocycles. The van der Waals surface area contributed by atoms with Crippen molar-refractivity contribution in [3.8, 4) is 0 Å². The van der Waals surface area contributed by atoms with Crippen LogP contribution in [-0.4, -0.2) is 71.0 Å². The largest absolute Gasteiger partial charge is 0.378 e. The molecular formula is C25H38N4O3. The van der Waals surface area contributed by atoms with Gasteiger partial charge in [-0.2, -0.15) is 0 Å². The van der Waals surface area contributed by atoms with Gasteiger partial charge in [0.25, 0.3) is 0 Å². The van der Waals surface area contributed by atoms with Gasteiger partial charge in [-0.25, -0.2) is 9.97 Å². The maximum Gasteiger partial charge on any atom is 0.227 e. The Morgan fingerprint density at radius 1 is 0.875 bits per heavy atom. The number of carbonyl (C=O) groups is 2. The third kappa shape index (κ3) is 5.66. The summed E-state index contributed by atoms with van der Waals surface area (Å²) >= 11 is 0. The molecule has 0 spiro atoms. The first kappa shape index (κ1) is 23.1. The molecule has 1 aromatic heterocycles. The molecule has 2 saturated heterocycles. The van der Waals surface area contributed by atoms with E-state index < -0.39 is 0 Å². The molecule has 0 N–H and O–H groups in total. The van der Waals surface area contributed by atoms with E-state index in [4.69, 9.17) is 14.7 Å². The summed E-state index contributed by atoms with van der Waals surface area (Å²) in [6, 6.07) is 0. The summed E-state index contributed by atoms with van der Waals surface area (Å²) in [6.07, 6.45) is 9.33. The molecule has 7 nitrogen and oxygen atoms in total. The number of rotatable bonds is 5. The van der Waals surface area contributed by atoms with Crippen LogP contribution < -0.4 is 0 Å². The number of amides is 2. The Morgan fingerprint density at radius 3 is 2.25 bits per heavy atom. The summed E-state index contributed by atoms with van der Waals surface area (Å²) in [7, 11) is 0. The molecule has 1 saturated carbocycles. The van der Waals surface area contributed by atoms with Gasteiger partial charge < -0.3 is 14.5 Å². The van der Waals surface area contributed by atoms with Gasteiger partial charge in [-0.05, 0) is 45.4 Å². The first-order valence-electron chi connectivity index (χ1n) is 12.5. The van der Waals surface area contributed by atoms with E-state index in [1.165, 1.54) is 32.1 Å². The Morgan fingerprint density at radius 2 is 1.56 bits per heavy atom. The molecule has 176 valence electrons. The monoisotopic (exact) mass is 442 g/mol. The van der Waals surface area contributed by atoms with E-state index in [0.717, 1.165) is 48.7 Å². The second-order valence-electron chi connectivity index (χ2n) is 9.79. The highest BCUT2D eigenvalue weighted by molar-refractivity contribution is 5.79. The minimum absolute atomic E-state index is 0.119. The van der Waals surface area contributed by atoms with Crippen molar-refractivity contribution in [1.82, 2.24) is 19.8 Å². The molecule has 0 radical (unpaired) electrons. The third-order valence-corrected chi connectivity index (χ3v) is 7.46. The number of nitrogens with zero attached hydrogens (tertiary/aromatic N) is 4. The molecular weight excluding hydrogens is 404 g/mol. The number of morpholine rings is 1. The number of aryl methyl sites for hydroxylation is 2. The molecule has 1 aliphatic carbocycles. The fraction of sp³-hybridized carbons (Fsp3) is 0.760. The number of ether oxygens (including phenoxy) is 1. The highest BCUT2D eigenvalue weighted by atomic mass is 16.5. The van der Waals surface area contributed by atoms with Crippen molar-refractivity contribution in [3.63, 3.8) is 0 Å². The average molecular weight is 443 g/mol. The predicted octanol–water partition coefficient (Wildman–Crippen LogP) is 3.17. The van der Waals surface area contributed by atoms with Gasteiger partial charge in [0.1, 0.15) is 5.82 Å². The van der Waals surface area contributed by atoms with Gasteiger partial charge >= 0.3 is 0 Å². The minimum Gasteiger partial charge on any atom is -0.378 e. The van der Waals surface area contributed by atoms with Crippen LogP contribution >= 0.6 is 0 Å². The zero-order chi connectivity index (χ0) is 22.5. The van der Waals surface area contributed by atoms with Crippen molar-refractivity contribution < 1.29 is 14.3 Å². The lowest BCUT2D eigenvalue weighted by Gasteiger charge is -2.34. The summed E-state index contributed by atoms with van der Waals surface area (Å²) in [5.41, 5.74) is 2.71.